The minimum Gasteiger partial charge on any atom is -0.495 e. The zero-order valence-corrected chi connectivity index (χ0v) is 16.6. The summed E-state index contributed by atoms with van der Waals surface area (Å²) >= 11 is 6.32. The Labute approximate surface area is 164 Å². The summed E-state index contributed by atoms with van der Waals surface area (Å²) < 4.78 is 12.8. The Hall–Kier alpha value is -2.05. The number of carbonyl (C=O) groups excluding carboxylic acids is 1. The van der Waals surface area contributed by atoms with Crippen LogP contribution < -0.4 is 10.1 Å². The predicted octanol–water partition coefficient (Wildman–Crippen LogP) is 3.11. The van der Waals surface area contributed by atoms with Gasteiger partial charge in [0.25, 0.3) is 0 Å². The summed E-state index contributed by atoms with van der Waals surface area (Å²) in [7, 11) is 1.58. The van der Waals surface area contributed by atoms with E-state index in [-0.39, 0.29) is 5.91 Å². The monoisotopic (exact) mass is 391 g/mol. The van der Waals surface area contributed by atoms with Crippen LogP contribution in [0.4, 0.5) is 0 Å². The number of aromatic nitrogens is 2. The molecule has 1 N–H and O–H groups in total. The number of carbonyl (C=O) groups is 1. The van der Waals surface area contributed by atoms with E-state index < -0.39 is 5.41 Å². The van der Waals surface area contributed by atoms with Gasteiger partial charge >= 0.3 is 0 Å². The SMILES string of the molecule is COc1ccc(C2(C(=O)NCCCn3ccnc3C)CCOCC2)cc1Cl. The molecule has 1 saturated heterocycles. The second-order valence-electron chi connectivity index (χ2n) is 6.82. The minimum absolute atomic E-state index is 0.0365. The van der Waals surface area contributed by atoms with E-state index >= 15 is 0 Å². The van der Waals surface area contributed by atoms with E-state index in [1.807, 2.05) is 31.3 Å². The number of imidazole rings is 1. The van der Waals surface area contributed by atoms with Crippen LogP contribution in [0.5, 0.6) is 5.75 Å². The van der Waals surface area contributed by atoms with Gasteiger partial charge in [-0.25, -0.2) is 4.98 Å². The smallest absolute Gasteiger partial charge is 0.230 e. The Bertz CT molecular complexity index is 785. The van der Waals surface area contributed by atoms with E-state index in [1.54, 1.807) is 13.3 Å². The fraction of sp³-hybridized carbons (Fsp3) is 0.500. The summed E-state index contributed by atoms with van der Waals surface area (Å²) in [5, 5.41) is 3.64. The number of halogens is 1. The van der Waals surface area contributed by atoms with Gasteiger partial charge < -0.3 is 19.4 Å². The Balaban J connectivity index is 1.69. The molecule has 2 heterocycles. The van der Waals surface area contributed by atoms with Crippen molar-refractivity contribution in [3.05, 3.63) is 47.0 Å². The first kappa shape index (κ1) is 19.7. The predicted molar refractivity (Wildman–Crippen MR) is 104 cm³/mol. The van der Waals surface area contributed by atoms with Crippen LogP contribution in [0.25, 0.3) is 0 Å². The summed E-state index contributed by atoms with van der Waals surface area (Å²) in [5.74, 6) is 1.63. The number of ether oxygens (including phenoxy) is 2. The molecule has 27 heavy (non-hydrogen) atoms. The molecule has 1 aromatic heterocycles. The van der Waals surface area contributed by atoms with Crippen molar-refractivity contribution in [1.82, 2.24) is 14.9 Å². The van der Waals surface area contributed by atoms with Crippen molar-refractivity contribution in [3.8, 4) is 5.75 Å². The Morgan fingerprint density at radius 3 is 2.81 bits per heavy atom. The lowest BCUT2D eigenvalue weighted by atomic mass is 9.73. The summed E-state index contributed by atoms with van der Waals surface area (Å²) in [6.45, 7) is 4.54. The number of hydrogen-bond acceptors (Lipinski definition) is 4. The molecule has 0 unspecified atom stereocenters. The number of methoxy groups -OCH3 is 1. The molecule has 1 aliphatic rings. The van der Waals surface area contributed by atoms with E-state index in [1.165, 1.54) is 0 Å². The maximum Gasteiger partial charge on any atom is 0.230 e. The van der Waals surface area contributed by atoms with Crippen molar-refractivity contribution in [2.45, 2.75) is 38.1 Å². The van der Waals surface area contributed by atoms with Crippen LogP contribution in [-0.2, 0) is 21.5 Å². The lowest BCUT2D eigenvalue weighted by Crippen LogP contribution is -2.48. The normalized spacial score (nSPS) is 16.1. The van der Waals surface area contributed by atoms with Crippen molar-refractivity contribution in [3.63, 3.8) is 0 Å². The van der Waals surface area contributed by atoms with Crippen molar-refractivity contribution in [2.24, 2.45) is 0 Å². The summed E-state index contributed by atoms with van der Waals surface area (Å²) in [6, 6.07) is 5.61. The van der Waals surface area contributed by atoms with Crippen molar-refractivity contribution in [1.29, 1.82) is 0 Å². The molecule has 0 aliphatic carbocycles. The number of benzene rings is 1. The highest BCUT2D eigenvalue weighted by atomic mass is 35.5. The van der Waals surface area contributed by atoms with E-state index in [4.69, 9.17) is 21.1 Å². The minimum atomic E-state index is -0.612. The molecule has 1 aliphatic heterocycles. The van der Waals surface area contributed by atoms with Gasteiger partial charge in [-0.3, -0.25) is 4.79 Å². The molecular formula is C20H26ClN3O3. The summed E-state index contributed by atoms with van der Waals surface area (Å²) in [4.78, 5) is 17.4. The van der Waals surface area contributed by atoms with E-state index in [0.29, 0.717) is 43.4 Å². The molecule has 0 atom stereocenters. The molecule has 7 heteroatoms. The standard InChI is InChI=1S/C20H26ClN3O3/c1-15-22-9-11-24(15)10-3-8-23-19(25)20(6-12-27-13-7-20)16-4-5-18(26-2)17(21)14-16/h4-5,9,11,14H,3,6-8,10,12-13H2,1-2H3,(H,23,25). The number of aryl methyl sites for hydroxylation is 2. The molecule has 1 fully saturated rings. The maximum absolute atomic E-state index is 13.2. The van der Waals surface area contributed by atoms with E-state index in [0.717, 1.165) is 24.4 Å². The average molecular weight is 392 g/mol. The van der Waals surface area contributed by atoms with E-state index in [9.17, 15) is 4.79 Å². The molecule has 1 aromatic carbocycles. The highest BCUT2D eigenvalue weighted by Crippen LogP contribution is 2.38. The highest BCUT2D eigenvalue weighted by molar-refractivity contribution is 6.32. The largest absolute Gasteiger partial charge is 0.495 e. The zero-order chi connectivity index (χ0) is 19.3. The second kappa shape index (κ2) is 8.76. The number of nitrogens with zero attached hydrogens (tertiary/aromatic N) is 2. The van der Waals surface area contributed by atoms with Crippen LogP contribution in [0.15, 0.2) is 30.6 Å². The van der Waals surface area contributed by atoms with Gasteiger partial charge in [0.15, 0.2) is 0 Å². The third-order valence-corrected chi connectivity index (χ3v) is 5.57. The van der Waals surface area contributed by atoms with Crippen molar-refractivity contribution >= 4 is 17.5 Å². The van der Waals surface area contributed by atoms with Gasteiger partial charge in [-0.15, -0.1) is 0 Å². The Kier molecular flexibility index (Phi) is 6.39. The molecule has 0 radical (unpaired) electrons. The topological polar surface area (TPSA) is 65.4 Å². The number of hydrogen-bond donors (Lipinski definition) is 1. The summed E-state index contributed by atoms with van der Waals surface area (Å²) in [5.41, 5.74) is 0.304. The van der Waals surface area contributed by atoms with Gasteiger partial charge in [0, 0.05) is 38.7 Å². The highest BCUT2D eigenvalue weighted by Gasteiger charge is 2.41. The molecule has 2 aromatic rings. The number of amides is 1. The fourth-order valence-corrected chi connectivity index (χ4v) is 3.85. The average Bonchev–Trinajstić information content (AvgIpc) is 3.10. The quantitative estimate of drug-likeness (QED) is 0.736. The first-order valence-corrected chi connectivity index (χ1v) is 9.62. The van der Waals surface area contributed by atoms with Gasteiger partial charge in [0.2, 0.25) is 5.91 Å². The lowest BCUT2D eigenvalue weighted by molar-refractivity contribution is -0.130. The van der Waals surface area contributed by atoms with Crippen molar-refractivity contribution < 1.29 is 14.3 Å². The van der Waals surface area contributed by atoms with Crippen LogP contribution in [-0.4, -0.2) is 42.3 Å². The van der Waals surface area contributed by atoms with E-state index in [2.05, 4.69) is 14.9 Å². The molecule has 0 saturated carbocycles. The Morgan fingerprint density at radius 2 is 2.19 bits per heavy atom. The fourth-order valence-electron chi connectivity index (χ4n) is 3.59. The van der Waals surface area contributed by atoms with Gasteiger partial charge in [-0.2, -0.15) is 0 Å². The maximum atomic E-state index is 13.2. The molecule has 6 nitrogen and oxygen atoms in total. The first-order valence-electron chi connectivity index (χ1n) is 9.24. The molecule has 146 valence electrons. The zero-order valence-electron chi connectivity index (χ0n) is 15.8. The molecule has 1 amide bonds. The molecule has 3 rings (SSSR count). The molecule has 0 spiro atoms. The number of nitrogens with one attached hydrogen (secondary N) is 1. The molecular weight excluding hydrogens is 366 g/mol. The lowest BCUT2D eigenvalue weighted by Gasteiger charge is -2.36. The van der Waals surface area contributed by atoms with Gasteiger partial charge in [0.05, 0.1) is 17.5 Å². The van der Waals surface area contributed by atoms with Crippen LogP contribution >= 0.6 is 11.6 Å². The Morgan fingerprint density at radius 1 is 1.41 bits per heavy atom. The first-order chi connectivity index (χ1) is 13.1. The van der Waals surface area contributed by atoms with Crippen molar-refractivity contribution in [2.75, 3.05) is 26.9 Å². The third-order valence-electron chi connectivity index (χ3n) is 5.27. The van der Waals surface area contributed by atoms with Gasteiger partial charge in [-0.1, -0.05) is 17.7 Å². The van der Waals surface area contributed by atoms with Gasteiger partial charge in [0.1, 0.15) is 11.6 Å². The van der Waals surface area contributed by atoms with Gasteiger partial charge in [-0.05, 0) is 43.9 Å². The van der Waals surface area contributed by atoms with Crippen LogP contribution in [0.3, 0.4) is 0 Å². The summed E-state index contributed by atoms with van der Waals surface area (Å²) in [6.07, 6.45) is 5.87. The van der Waals surface area contributed by atoms with Crippen LogP contribution in [0.2, 0.25) is 5.02 Å². The molecule has 0 bridgehead atoms. The van der Waals surface area contributed by atoms with Crippen LogP contribution in [0.1, 0.15) is 30.7 Å². The van der Waals surface area contributed by atoms with Crippen LogP contribution in [0, 0.1) is 6.92 Å². The number of rotatable bonds is 7. The third kappa shape index (κ3) is 4.28. The second-order valence-corrected chi connectivity index (χ2v) is 7.23.